The van der Waals surface area contributed by atoms with Crippen molar-refractivity contribution in [2.24, 2.45) is 5.92 Å². The summed E-state index contributed by atoms with van der Waals surface area (Å²) >= 11 is 0. The highest BCUT2D eigenvalue weighted by atomic mass is 16.2. The molecule has 136 valence electrons. The van der Waals surface area contributed by atoms with E-state index in [0.717, 1.165) is 38.4 Å². The Morgan fingerprint density at radius 3 is 2.84 bits per heavy atom. The third-order valence-corrected chi connectivity index (χ3v) is 4.94. The Bertz CT molecular complexity index is 661. The lowest BCUT2D eigenvalue weighted by atomic mass is 10.1. The summed E-state index contributed by atoms with van der Waals surface area (Å²) in [5.74, 6) is 1.34. The first kappa shape index (κ1) is 17.7. The average molecular weight is 345 g/mol. The van der Waals surface area contributed by atoms with Gasteiger partial charge < -0.3 is 15.5 Å². The molecular weight excluding hydrogens is 318 g/mol. The molecule has 7 nitrogen and oxygen atoms in total. The van der Waals surface area contributed by atoms with E-state index < -0.39 is 5.54 Å². The summed E-state index contributed by atoms with van der Waals surface area (Å²) in [6, 6.07) is 3.75. The fourth-order valence-corrected chi connectivity index (χ4v) is 3.43. The van der Waals surface area contributed by atoms with E-state index in [4.69, 9.17) is 0 Å². The molecular formula is C18H27N5O2. The molecule has 0 aliphatic carbocycles. The van der Waals surface area contributed by atoms with Crippen LogP contribution < -0.4 is 10.6 Å². The Hall–Kier alpha value is -2.15. The van der Waals surface area contributed by atoms with Gasteiger partial charge >= 0.3 is 6.03 Å². The fourth-order valence-electron chi connectivity index (χ4n) is 3.43. The second-order valence-corrected chi connectivity index (χ2v) is 7.57. The number of hydrogen-bond donors (Lipinski definition) is 2. The van der Waals surface area contributed by atoms with Crippen molar-refractivity contribution in [2.45, 2.75) is 32.7 Å². The molecule has 2 aliphatic heterocycles. The van der Waals surface area contributed by atoms with Crippen molar-refractivity contribution >= 4 is 17.8 Å². The number of urea groups is 1. The van der Waals surface area contributed by atoms with Crippen LogP contribution in [0.2, 0.25) is 0 Å². The summed E-state index contributed by atoms with van der Waals surface area (Å²) in [6.45, 7) is 9.59. The van der Waals surface area contributed by atoms with Gasteiger partial charge in [-0.15, -0.1) is 0 Å². The van der Waals surface area contributed by atoms with Crippen LogP contribution in [0.15, 0.2) is 18.3 Å². The number of anilines is 1. The number of nitrogens with zero attached hydrogens (tertiary/aromatic N) is 3. The number of rotatable bonds is 6. The van der Waals surface area contributed by atoms with Crippen LogP contribution in [0, 0.1) is 12.8 Å². The molecule has 3 rings (SSSR count). The Labute approximate surface area is 148 Å². The predicted molar refractivity (Wildman–Crippen MR) is 96.3 cm³/mol. The molecule has 2 N–H and O–H groups in total. The lowest BCUT2D eigenvalue weighted by molar-refractivity contribution is -0.130. The van der Waals surface area contributed by atoms with E-state index >= 15 is 0 Å². The van der Waals surface area contributed by atoms with Gasteiger partial charge in [-0.25, -0.2) is 9.78 Å². The lowest BCUT2D eigenvalue weighted by Gasteiger charge is -2.20. The fraction of sp³-hybridized carbons (Fsp3) is 0.611. The third kappa shape index (κ3) is 4.10. The summed E-state index contributed by atoms with van der Waals surface area (Å²) in [6.07, 6.45) is 2.93. The van der Waals surface area contributed by atoms with Gasteiger partial charge in [0.15, 0.2) is 0 Å². The van der Waals surface area contributed by atoms with Crippen molar-refractivity contribution in [3.63, 3.8) is 0 Å². The predicted octanol–water partition coefficient (Wildman–Crippen LogP) is 1.45. The van der Waals surface area contributed by atoms with Crippen LogP contribution in [0.25, 0.3) is 0 Å². The first-order valence-corrected chi connectivity index (χ1v) is 8.88. The molecule has 2 aliphatic rings. The molecule has 3 amide bonds. The molecule has 1 atom stereocenters. The van der Waals surface area contributed by atoms with Crippen molar-refractivity contribution in [1.29, 1.82) is 0 Å². The van der Waals surface area contributed by atoms with Crippen molar-refractivity contribution in [1.82, 2.24) is 20.1 Å². The van der Waals surface area contributed by atoms with Crippen LogP contribution >= 0.6 is 0 Å². The standard InChI is InChI=1S/C18H27N5O2/c1-13-4-6-19-15(10-13)20-11-14-5-7-22(12-14)8-9-23-16(24)18(2,3)21-17(23)25/h4,6,10,14H,5,7-9,11-12H2,1-3H3,(H,19,20)(H,21,25)/t14-/m0/s1. The lowest BCUT2D eigenvalue weighted by Crippen LogP contribution is -2.41. The maximum absolute atomic E-state index is 12.2. The number of likely N-dealkylation sites (tertiary alicyclic amines) is 1. The molecule has 0 aromatic carbocycles. The zero-order valence-corrected chi connectivity index (χ0v) is 15.2. The average Bonchev–Trinajstić information content (AvgIpc) is 3.07. The van der Waals surface area contributed by atoms with E-state index in [1.165, 1.54) is 10.5 Å². The van der Waals surface area contributed by atoms with Gasteiger partial charge in [0.25, 0.3) is 5.91 Å². The third-order valence-electron chi connectivity index (χ3n) is 4.94. The van der Waals surface area contributed by atoms with E-state index in [2.05, 4.69) is 27.4 Å². The monoisotopic (exact) mass is 345 g/mol. The molecule has 0 spiro atoms. The van der Waals surface area contributed by atoms with Crippen molar-refractivity contribution < 1.29 is 9.59 Å². The van der Waals surface area contributed by atoms with Gasteiger partial charge in [0.05, 0.1) is 0 Å². The van der Waals surface area contributed by atoms with Gasteiger partial charge in [0.1, 0.15) is 11.4 Å². The molecule has 3 heterocycles. The second kappa shape index (κ2) is 7.00. The molecule has 1 aromatic rings. The van der Waals surface area contributed by atoms with Crippen molar-refractivity contribution in [3.05, 3.63) is 23.9 Å². The van der Waals surface area contributed by atoms with E-state index in [0.29, 0.717) is 12.5 Å². The maximum Gasteiger partial charge on any atom is 0.325 e. The minimum absolute atomic E-state index is 0.138. The van der Waals surface area contributed by atoms with Crippen LogP contribution in [0.1, 0.15) is 25.8 Å². The number of carbonyl (C=O) groups excluding carboxylic acids is 2. The highest BCUT2D eigenvalue weighted by Crippen LogP contribution is 2.19. The van der Waals surface area contributed by atoms with Gasteiger partial charge in [-0.05, 0) is 57.4 Å². The molecule has 0 bridgehead atoms. The number of pyridine rings is 1. The zero-order chi connectivity index (χ0) is 18.0. The number of hydrogen-bond acceptors (Lipinski definition) is 5. The minimum Gasteiger partial charge on any atom is -0.370 e. The minimum atomic E-state index is -0.782. The largest absolute Gasteiger partial charge is 0.370 e. The van der Waals surface area contributed by atoms with E-state index in [9.17, 15) is 9.59 Å². The normalized spacial score (nSPS) is 23.2. The molecule has 1 aromatic heterocycles. The summed E-state index contributed by atoms with van der Waals surface area (Å²) in [5.41, 5.74) is 0.414. The molecule has 25 heavy (non-hydrogen) atoms. The number of carbonyl (C=O) groups is 2. The van der Waals surface area contributed by atoms with Gasteiger partial charge in [-0.2, -0.15) is 0 Å². The van der Waals surface area contributed by atoms with E-state index in [-0.39, 0.29) is 11.9 Å². The van der Waals surface area contributed by atoms with Gasteiger partial charge in [-0.3, -0.25) is 9.69 Å². The highest BCUT2D eigenvalue weighted by Gasteiger charge is 2.44. The van der Waals surface area contributed by atoms with Crippen molar-refractivity contribution in [2.75, 3.05) is 38.0 Å². The molecule has 0 radical (unpaired) electrons. The Morgan fingerprint density at radius 2 is 2.16 bits per heavy atom. The van der Waals surface area contributed by atoms with Gasteiger partial charge in [0.2, 0.25) is 0 Å². The number of imide groups is 1. The molecule has 0 unspecified atom stereocenters. The molecule has 2 fully saturated rings. The topological polar surface area (TPSA) is 77.6 Å². The Kier molecular flexibility index (Phi) is 4.94. The zero-order valence-electron chi connectivity index (χ0n) is 15.2. The second-order valence-electron chi connectivity index (χ2n) is 7.57. The van der Waals surface area contributed by atoms with Crippen LogP contribution in [0.3, 0.4) is 0 Å². The van der Waals surface area contributed by atoms with Gasteiger partial charge in [-0.1, -0.05) is 0 Å². The van der Waals surface area contributed by atoms with Crippen LogP contribution in [0.4, 0.5) is 10.6 Å². The van der Waals surface area contributed by atoms with Crippen LogP contribution in [-0.4, -0.2) is 65.0 Å². The molecule has 0 saturated carbocycles. The first-order chi connectivity index (χ1) is 11.8. The number of amides is 3. The van der Waals surface area contributed by atoms with Crippen molar-refractivity contribution in [3.8, 4) is 0 Å². The summed E-state index contributed by atoms with van der Waals surface area (Å²) < 4.78 is 0. The maximum atomic E-state index is 12.2. The summed E-state index contributed by atoms with van der Waals surface area (Å²) in [7, 11) is 0. The highest BCUT2D eigenvalue weighted by molar-refractivity contribution is 6.06. The smallest absolute Gasteiger partial charge is 0.325 e. The summed E-state index contributed by atoms with van der Waals surface area (Å²) in [4.78, 5) is 32.1. The first-order valence-electron chi connectivity index (χ1n) is 8.88. The number of aryl methyl sites for hydroxylation is 1. The molecule has 7 heteroatoms. The number of nitrogens with one attached hydrogen (secondary N) is 2. The Morgan fingerprint density at radius 1 is 1.36 bits per heavy atom. The van der Waals surface area contributed by atoms with Crippen LogP contribution in [0.5, 0.6) is 0 Å². The summed E-state index contributed by atoms with van der Waals surface area (Å²) in [5, 5.41) is 6.13. The van der Waals surface area contributed by atoms with Gasteiger partial charge in [0, 0.05) is 32.4 Å². The number of aromatic nitrogens is 1. The van der Waals surface area contributed by atoms with E-state index in [1.54, 1.807) is 13.8 Å². The quantitative estimate of drug-likeness (QED) is 0.763. The molecule has 2 saturated heterocycles. The van der Waals surface area contributed by atoms with E-state index in [1.807, 2.05) is 18.3 Å². The van der Waals surface area contributed by atoms with Crippen LogP contribution in [-0.2, 0) is 4.79 Å². The SMILES string of the molecule is Cc1ccnc(NC[C@@H]2CCN(CCN3C(=O)NC(C)(C)C3=O)C2)c1. The Balaban J connectivity index is 1.43.